The van der Waals surface area contributed by atoms with Crippen molar-refractivity contribution in [1.29, 1.82) is 0 Å². The lowest BCUT2D eigenvalue weighted by Gasteiger charge is -2.34. The molecule has 0 radical (unpaired) electrons. The number of anilines is 1. The Morgan fingerprint density at radius 3 is 1.86 bits per heavy atom. The Morgan fingerprint density at radius 1 is 0.943 bits per heavy atom. The quantitative estimate of drug-likeness (QED) is 0.185. The third-order valence-electron chi connectivity index (χ3n) is 5.17. The van der Waals surface area contributed by atoms with Crippen molar-refractivity contribution in [2.75, 3.05) is 76.9 Å². The molecule has 0 amide bonds. The fourth-order valence-electron chi connectivity index (χ4n) is 3.54. The summed E-state index contributed by atoms with van der Waals surface area (Å²) in [5.41, 5.74) is -0.131. The zero-order chi connectivity index (χ0) is 26.6. The Bertz CT molecular complexity index is 1200. The molecule has 1 aliphatic rings. The third-order valence-corrected chi connectivity index (χ3v) is 8.28. The van der Waals surface area contributed by atoms with E-state index in [9.17, 15) is 35.4 Å². The number of benzene rings is 1. The molecule has 0 saturated carbocycles. The smallest absolute Gasteiger partial charge is 0.271 e. The molecule has 14 nitrogen and oxygen atoms in total. The van der Waals surface area contributed by atoms with E-state index in [1.807, 2.05) is 11.9 Å². The molecule has 35 heavy (non-hydrogen) atoms. The second-order valence-corrected chi connectivity index (χ2v) is 13.3. The Labute approximate surface area is 205 Å². The maximum Gasteiger partial charge on any atom is 0.271 e. The Hall–Kier alpha value is -1.89. The molecule has 17 heteroatoms. The molecule has 1 fully saturated rings. The van der Waals surface area contributed by atoms with Gasteiger partial charge in [-0.25, -0.2) is 8.42 Å². The highest BCUT2D eigenvalue weighted by atomic mass is 32.2. The van der Waals surface area contributed by atoms with E-state index in [1.165, 1.54) is 22.2 Å². The minimum Gasteiger partial charge on any atom is -0.365 e. The Kier molecular flexibility index (Phi) is 9.59. The van der Waals surface area contributed by atoms with Gasteiger partial charge in [0.1, 0.15) is 4.90 Å². The summed E-state index contributed by atoms with van der Waals surface area (Å²) in [7, 11) is -9.98. The number of nitro groups is 1. The van der Waals surface area contributed by atoms with Crippen LogP contribution in [0.5, 0.6) is 0 Å². The summed E-state index contributed by atoms with van der Waals surface area (Å²) in [6.45, 7) is 1.70. The average molecular weight is 559 g/mol. The Morgan fingerprint density at radius 2 is 1.43 bits per heavy atom. The van der Waals surface area contributed by atoms with E-state index in [2.05, 4.69) is 0 Å². The molecule has 2 rings (SSSR count). The minimum atomic E-state index is -4.20. The predicted octanol–water partition coefficient (Wildman–Crippen LogP) is -0.402. The van der Waals surface area contributed by atoms with Crippen LogP contribution in [0.15, 0.2) is 17.0 Å². The van der Waals surface area contributed by atoms with Crippen molar-refractivity contribution in [2.45, 2.75) is 11.8 Å². The lowest BCUT2D eigenvalue weighted by Crippen LogP contribution is -2.47. The van der Waals surface area contributed by atoms with Crippen molar-refractivity contribution >= 4 is 41.6 Å². The van der Waals surface area contributed by atoms with Crippen molar-refractivity contribution in [3.63, 3.8) is 0 Å². The van der Waals surface area contributed by atoms with Crippen LogP contribution in [0, 0.1) is 17.0 Å². The first-order valence-electron chi connectivity index (χ1n) is 10.4. The van der Waals surface area contributed by atoms with Crippen LogP contribution in [0.3, 0.4) is 0 Å². The number of aryl methyl sites for hydroxylation is 1. The van der Waals surface area contributed by atoms with Gasteiger partial charge in [0.15, 0.2) is 0 Å². The van der Waals surface area contributed by atoms with E-state index in [0.29, 0.717) is 13.1 Å². The lowest BCUT2D eigenvalue weighted by molar-refractivity contribution is -0.385. The maximum atomic E-state index is 13.6. The second-order valence-electron chi connectivity index (χ2n) is 8.11. The van der Waals surface area contributed by atoms with Crippen LogP contribution >= 0.6 is 0 Å². The van der Waals surface area contributed by atoms with Crippen molar-refractivity contribution < 1.29 is 38.5 Å². The first kappa shape index (κ1) is 29.3. The van der Waals surface area contributed by atoms with E-state index in [4.69, 9.17) is 8.37 Å². The van der Waals surface area contributed by atoms with Gasteiger partial charge in [0.2, 0.25) is 10.0 Å². The van der Waals surface area contributed by atoms with Gasteiger partial charge in [0.05, 0.1) is 36.3 Å². The fourth-order valence-corrected chi connectivity index (χ4v) is 6.02. The lowest BCUT2D eigenvalue weighted by atomic mass is 10.1. The van der Waals surface area contributed by atoms with E-state index in [-0.39, 0.29) is 55.5 Å². The van der Waals surface area contributed by atoms with Crippen LogP contribution < -0.4 is 4.90 Å². The zero-order valence-corrected chi connectivity index (χ0v) is 22.4. The van der Waals surface area contributed by atoms with E-state index in [0.717, 1.165) is 18.6 Å². The number of sulfonamides is 1. The number of non-ortho nitro benzene ring substituents is 1. The van der Waals surface area contributed by atoms with Gasteiger partial charge in [-0.05, 0) is 19.5 Å². The highest BCUT2D eigenvalue weighted by Crippen LogP contribution is 2.35. The van der Waals surface area contributed by atoms with Gasteiger partial charge < -0.3 is 9.80 Å². The summed E-state index contributed by atoms with van der Waals surface area (Å²) in [4.78, 5) is 13.8. The number of nitro benzene ring substituents is 1. The van der Waals surface area contributed by atoms with Crippen LogP contribution in [0.2, 0.25) is 0 Å². The molecule has 200 valence electrons. The first-order valence-corrected chi connectivity index (χ1v) is 15.5. The molecule has 1 aliphatic heterocycles. The van der Waals surface area contributed by atoms with Crippen molar-refractivity contribution in [2.24, 2.45) is 0 Å². The van der Waals surface area contributed by atoms with E-state index >= 15 is 0 Å². The molecule has 0 atom stereocenters. The van der Waals surface area contributed by atoms with Crippen LogP contribution in [-0.4, -0.2) is 111 Å². The zero-order valence-electron chi connectivity index (χ0n) is 19.9. The molecule has 1 aromatic carbocycles. The molecule has 1 aromatic rings. The molecule has 0 spiro atoms. The van der Waals surface area contributed by atoms with Crippen molar-refractivity contribution in [1.82, 2.24) is 9.21 Å². The first-order chi connectivity index (χ1) is 16.0. The van der Waals surface area contributed by atoms with Gasteiger partial charge in [-0.15, -0.1) is 0 Å². The van der Waals surface area contributed by atoms with Crippen molar-refractivity contribution in [3.8, 4) is 0 Å². The van der Waals surface area contributed by atoms with Crippen LogP contribution in [0.25, 0.3) is 0 Å². The van der Waals surface area contributed by atoms with Crippen LogP contribution in [0.4, 0.5) is 11.4 Å². The summed E-state index contributed by atoms with van der Waals surface area (Å²) in [6.07, 6.45) is 1.70. The van der Waals surface area contributed by atoms with Gasteiger partial charge in [-0.1, -0.05) is 0 Å². The summed E-state index contributed by atoms with van der Waals surface area (Å²) >= 11 is 0. The largest absolute Gasteiger partial charge is 0.365 e. The van der Waals surface area contributed by atoms with Crippen molar-refractivity contribution in [3.05, 3.63) is 27.8 Å². The molecule has 1 saturated heterocycles. The summed E-state index contributed by atoms with van der Waals surface area (Å²) in [5, 5.41) is 11.5. The third kappa shape index (κ3) is 8.62. The highest BCUT2D eigenvalue weighted by molar-refractivity contribution is 7.89. The maximum absolute atomic E-state index is 13.6. The number of rotatable bonds is 12. The van der Waals surface area contributed by atoms with Gasteiger partial charge in [-0.2, -0.15) is 21.1 Å². The van der Waals surface area contributed by atoms with Gasteiger partial charge in [0, 0.05) is 51.4 Å². The summed E-state index contributed by atoms with van der Waals surface area (Å²) < 4.78 is 83.7. The summed E-state index contributed by atoms with van der Waals surface area (Å²) in [5.74, 6) is 0. The van der Waals surface area contributed by atoms with E-state index in [1.54, 1.807) is 0 Å². The minimum absolute atomic E-state index is 0.0729. The number of nitrogens with zero attached hydrogens (tertiary/aromatic N) is 4. The molecular formula is C18H30N4O10S3. The SMILES string of the molecule is Cc1cc([N+](=O)[O-])cc(S(=O)(=O)N2CCN(C)CC2)c1N(CCOS(C)(=O)=O)CCOS(C)(=O)=O. The highest BCUT2D eigenvalue weighted by Gasteiger charge is 2.33. The molecule has 0 aromatic heterocycles. The van der Waals surface area contributed by atoms with Crippen LogP contribution in [-0.2, 0) is 38.6 Å². The normalized spacial score (nSPS) is 16.3. The van der Waals surface area contributed by atoms with Gasteiger partial charge in [0.25, 0.3) is 25.9 Å². The second kappa shape index (κ2) is 11.4. The topological polar surface area (TPSA) is 174 Å². The molecule has 0 N–H and O–H groups in total. The van der Waals surface area contributed by atoms with Crippen LogP contribution in [0.1, 0.15) is 5.56 Å². The van der Waals surface area contributed by atoms with Gasteiger partial charge in [-0.3, -0.25) is 18.5 Å². The fraction of sp³-hybridized carbons (Fsp3) is 0.667. The van der Waals surface area contributed by atoms with Gasteiger partial charge >= 0.3 is 0 Å². The molecule has 1 heterocycles. The standard InChI is InChI=1S/C18H30N4O10S3/c1-15-13-16(22(23)24)14-17(35(29,30)21-7-5-19(2)6-8-21)18(15)20(9-11-31-33(3,25)26)10-12-32-34(4,27)28/h13-14H,5-12H2,1-4H3. The number of piperazine rings is 1. The molecule has 0 bridgehead atoms. The molecular weight excluding hydrogens is 528 g/mol. The number of likely N-dealkylation sites (N-methyl/N-ethyl adjacent to an activating group) is 1. The monoisotopic (exact) mass is 558 g/mol. The number of hydrogen-bond donors (Lipinski definition) is 0. The predicted molar refractivity (Wildman–Crippen MR) is 128 cm³/mol. The molecule has 0 aliphatic carbocycles. The average Bonchev–Trinajstić information content (AvgIpc) is 2.70. The number of hydrogen-bond acceptors (Lipinski definition) is 12. The Balaban J connectivity index is 2.57. The molecule has 0 unspecified atom stereocenters. The summed E-state index contributed by atoms with van der Waals surface area (Å²) in [6, 6.07) is 2.15. The van der Waals surface area contributed by atoms with E-state index < -0.39 is 40.9 Å².